The molecule has 1 aromatic carbocycles. The maximum Gasteiger partial charge on any atom is 0.146 e. The summed E-state index contributed by atoms with van der Waals surface area (Å²) in [5.74, 6) is 0.604. The number of likely N-dealkylation sites (N-methyl/N-ethyl adjacent to an activating group) is 1. The number of fused-ring (bicyclic) bond motifs is 3. The smallest absolute Gasteiger partial charge is 0.146 e. The highest BCUT2D eigenvalue weighted by atomic mass is 19.1. The van der Waals surface area contributed by atoms with Crippen molar-refractivity contribution >= 4 is 5.69 Å². The molecule has 2 aliphatic heterocycles. The van der Waals surface area contributed by atoms with E-state index in [-0.39, 0.29) is 24.1 Å². The van der Waals surface area contributed by atoms with E-state index < -0.39 is 0 Å². The molecule has 0 amide bonds. The van der Waals surface area contributed by atoms with Crippen LogP contribution in [0, 0.1) is 24.6 Å². The fourth-order valence-corrected chi connectivity index (χ4v) is 4.67. The molecule has 1 fully saturated rings. The molecule has 5 atom stereocenters. The molecule has 3 nitrogen and oxygen atoms in total. The van der Waals surface area contributed by atoms with Gasteiger partial charge in [-0.3, -0.25) is 0 Å². The molecule has 1 aromatic rings. The Kier molecular flexibility index (Phi) is 4.65. The van der Waals surface area contributed by atoms with Gasteiger partial charge in [-0.05, 0) is 44.9 Å². The number of nitrogens with one attached hydrogen (secondary N) is 2. The lowest BCUT2D eigenvalue weighted by Gasteiger charge is -2.47. The Balaban J connectivity index is 1.71. The van der Waals surface area contributed by atoms with E-state index in [0.717, 1.165) is 36.9 Å². The Morgan fingerprint density at radius 1 is 1.28 bits per heavy atom. The van der Waals surface area contributed by atoms with Gasteiger partial charge in [-0.1, -0.05) is 30.4 Å². The first-order valence-electron chi connectivity index (χ1n) is 9.37. The first-order chi connectivity index (χ1) is 12.2. The lowest BCUT2D eigenvalue weighted by Crippen LogP contribution is -2.48. The van der Waals surface area contributed by atoms with E-state index in [1.807, 2.05) is 14.0 Å². The molecule has 25 heavy (non-hydrogen) atoms. The molecule has 0 spiro atoms. The van der Waals surface area contributed by atoms with Gasteiger partial charge in [0.2, 0.25) is 0 Å². The molecule has 4 rings (SSSR count). The number of allylic oxidation sites excluding steroid dienone is 3. The number of hydrogen-bond acceptors (Lipinski definition) is 3. The van der Waals surface area contributed by atoms with Gasteiger partial charge in [-0.15, -0.1) is 0 Å². The SMILES string of the molecule is CNC[C@H]1CC[C@@H]2[C@H](O1)c1cc(C)cc(F)c1N[C@H]2C1C=CC=CC1. The number of aryl methyl sites for hydroxylation is 1. The first kappa shape index (κ1) is 16.8. The molecule has 1 saturated heterocycles. The standard InChI is InChI=1S/C21H27FN2O/c1-13-10-17-20(18(22)11-13)24-19(14-6-4-3-5-7-14)16-9-8-15(12-23-2)25-21(16)17/h3-6,10-11,14-16,19,21,23-24H,7-9,12H2,1-2H3/t14?,15-,16+,19+,21+/m1/s1. The van der Waals surface area contributed by atoms with E-state index >= 15 is 0 Å². The van der Waals surface area contributed by atoms with Crippen molar-refractivity contribution in [1.29, 1.82) is 0 Å². The summed E-state index contributed by atoms with van der Waals surface area (Å²) in [6, 6.07) is 3.93. The molecule has 134 valence electrons. The Bertz CT molecular complexity index is 699. The molecule has 0 radical (unpaired) electrons. The van der Waals surface area contributed by atoms with Crippen LogP contribution in [0.25, 0.3) is 0 Å². The molecule has 0 saturated carbocycles. The van der Waals surface area contributed by atoms with Crippen LogP contribution in [0.5, 0.6) is 0 Å². The second-order valence-corrected chi connectivity index (χ2v) is 7.57. The second-order valence-electron chi connectivity index (χ2n) is 7.57. The van der Waals surface area contributed by atoms with Crippen molar-refractivity contribution < 1.29 is 9.13 Å². The minimum Gasteiger partial charge on any atom is -0.379 e. The minimum atomic E-state index is -0.159. The number of benzene rings is 1. The third-order valence-corrected chi connectivity index (χ3v) is 5.80. The monoisotopic (exact) mass is 342 g/mol. The van der Waals surface area contributed by atoms with E-state index in [1.54, 1.807) is 6.07 Å². The summed E-state index contributed by atoms with van der Waals surface area (Å²) in [7, 11) is 1.96. The molecule has 1 aliphatic carbocycles. The number of ether oxygens (including phenoxy) is 1. The van der Waals surface area contributed by atoms with Gasteiger partial charge in [0.25, 0.3) is 0 Å². The third-order valence-electron chi connectivity index (χ3n) is 5.80. The Labute approximate surface area is 149 Å². The summed E-state index contributed by atoms with van der Waals surface area (Å²) < 4.78 is 21.2. The van der Waals surface area contributed by atoms with Crippen LogP contribution >= 0.6 is 0 Å². The second kappa shape index (κ2) is 6.93. The van der Waals surface area contributed by atoms with Crippen LogP contribution in [0.4, 0.5) is 10.1 Å². The zero-order chi connectivity index (χ0) is 17.4. The van der Waals surface area contributed by atoms with E-state index in [9.17, 15) is 4.39 Å². The first-order valence-corrected chi connectivity index (χ1v) is 9.37. The van der Waals surface area contributed by atoms with Gasteiger partial charge >= 0.3 is 0 Å². The lowest BCUT2D eigenvalue weighted by atomic mass is 9.73. The third kappa shape index (κ3) is 3.13. The molecule has 4 heteroatoms. The van der Waals surface area contributed by atoms with Crippen molar-refractivity contribution in [3.8, 4) is 0 Å². The van der Waals surface area contributed by atoms with Crippen LogP contribution in [0.3, 0.4) is 0 Å². The topological polar surface area (TPSA) is 33.3 Å². The normalized spacial score (nSPS) is 33.5. The van der Waals surface area contributed by atoms with Crippen LogP contribution in [-0.4, -0.2) is 25.7 Å². The zero-order valence-electron chi connectivity index (χ0n) is 15.0. The average molecular weight is 342 g/mol. The summed E-state index contributed by atoms with van der Waals surface area (Å²) >= 11 is 0. The van der Waals surface area contributed by atoms with E-state index in [4.69, 9.17) is 4.74 Å². The predicted octanol–water partition coefficient (Wildman–Crippen LogP) is 4.12. The molecule has 0 aromatic heterocycles. The van der Waals surface area contributed by atoms with Gasteiger partial charge in [-0.2, -0.15) is 0 Å². The summed E-state index contributed by atoms with van der Waals surface area (Å²) in [4.78, 5) is 0. The fourth-order valence-electron chi connectivity index (χ4n) is 4.67. The Morgan fingerprint density at radius 2 is 2.16 bits per heavy atom. The van der Waals surface area contributed by atoms with Gasteiger partial charge in [0.05, 0.1) is 17.9 Å². The Hall–Kier alpha value is -1.65. The summed E-state index contributed by atoms with van der Waals surface area (Å²) in [5, 5.41) is 6.77. The number of halogens is 1. The largest absolute Gasteiger partial charge is 0.379 e. The van der Waals surface area contributed by atoms with Gasteiger partial charge in [0.1, 0.15) is 5.82 Å². The Morgan fingerprint density at radius 3 is 2.92 bits per heavy atom. The van der Waals surface area contributed by atoms with Gasteiger partial charge in [-0.25, -0.2) is 4.39 Å². The molecule has 0 bridgehead atoms. The summed E-state index contributed by atoms with van der Waals surface area (Å²) in [5.41, 5.74) is 2.59. The highest BCUT2D eigenvalue weighted by molar-refractivity contribution is 5.58. The zero-order valence-corrected chi connectivity index (χ0v) is 15.0. The van der Waals surface area contributed by atoms with Gasteiger partial charge in [0.15, 0.2) is 0 Å². The molecule has 2 N–H and O–H groups in total. The number of rotatable bonds is 3. The van der Waals surface area contributed by atoms with Crippen LogP contribution in [-0.2, 0) is 4.74 Å². The van der Waals surface area contributed by atoms with E-state index in [0.29, 0.717) is 17.5 Å². The van der Waals surface area contributed by atoms with Crippen LogP contribution in [0.1, 0.15) is 36.5 Å². The van der Waals surface area contributed by atoms with E-state index in [2.05, 4.69) is 41.0 Å². The maximum atomic E-state index is 14.7. The van der Waals surface area contributed by atoms with Crippen LogP contribution in [0.15, 0.2) is 36.4 Å². The van der Waals surface area contributed by atoms with Crippen LogP contribution < -0.4 is 10.6 Å². The molecule has 3 aliphatic rings. The number of anilines is 1. The molecular weight excluding hydrogens is 315 g/mol. The quantitative estimate of drug-likeness (QED) is 0.867. The highest BCUT2D eigenvalue weighted by Crippen LogP contribution is 2.48. The van der Waals surface area contributed by atoms with Crippen molar-refractivity contribution in [2.75, 3.05) is 18.9 Å². The molecular formula is C21H27FN2O. The molecule has 1 unspecified atom stereocenters. The van der Waals surface area contributed by atoms with Crippen molar-refractivity contribution in [2.24, 2.45) is 11.8 Å². The average Bonchev–Trinajstić information content (AvgIpc) is 2.62. The minimum absolute atomic E-state index is 0.0259. The highest BCUT2D eigenvalue weighted by Gasteiger charge is 2.44. The maximum absolute atomic E-state index is 14.7. The summed E-state index contributed by atoms with van der Waals surface area (Å²) in [6.45, 7) is 2.80. The van der Waals surface area contributed by atoms with Crippen molar-refractivity contribution in [1.82, 2.24) is 5.32 Å². The number of hydrogen-bond donors (Lipinski definition) is 2. The predicted molar refractivity (Wildman–Crippen MR) is 99.2 cm³/mol. The van der Waals surface area contributed by atoms with Gasteiger partial charge < -0.3 is 15.4 Å². The van der Waals surface area contributed by atoms with Crippen molar-refractivity contribution in [3.05, 3.63) is 53.4 Å². The molecule has 2 heterocycles. The van der Waals surface area contributed by atoms with Gasteiger partial charge in [0, 0.05) is 30.0 Å². The summed E-state index contributed by atoms with van der Waals surface area (Å²) in [6.07, 6.45) is 12.0. The van der Waals surface area contributed by atoms with Crippen LogP contribution in [0.2, 0.25) is 0 Å². The lowest BCUT2D eigenvalue weighted by molar-refractivity contribution is -0.0935. The van der Waals surface area contributed by atoms with Crippen molar-refractivity contribution in [3.63, 3.8) is 0 Å². The van der Waals surface area contributed by atoms with Crippen molar-refractivity contribution in [2.45, 2.75) is 44.4 Å². The fraction of sp³-hybridized carbons (Fsp3) is 0.524. The van der Waals surface area contributed by atoms with E-state index in [1.165, 1.54) is 0 Å².